The lowest BCUT2D eigenvalue weighted by Crippen LogP contribution is -2.53. The molecular weight excluding hydrogens is 197 g/mol. The molecule has 0 saturated carbocycles. The van der Waals surface area contributed by atoms with Gasteiger partial charge in [-0.3, -0.25) is 4.90 Å². The van der Waals surface area contributed by atoms with Crippen LogP contribution in [0.2, 0.25) is 6.32 Å². The number of nitrogens with zero attached hydrogens (tertiary/aromatic N) is 2. The maximum atomic E-state index is 6.33. The van der Waals surface area contributed by atoms with Crippen LogP contribution in [0.25, 0.3) is 0 Å². The molecule has 3 nitrogen and oxygen atoms in total. The molecule has 0 aromatic carbocycles. The third kappa shape index (κ3) is 5.33. The molecule has 1 saturated heterocycles. The lowest BCUT2D eigenvalue weighted by Gasteiger charge is -2.37. The van der Waals surface area contributed by atoms with Gasteiger partial charge in [-0.25, -0.2) is 0 Å². The van der Waals surface area contributed by atoms with E-state index in [0.717, 1.165) is 45.2 Å². The summed E-state index contributed by atoms with van der Waals surface area (Å²) in [5.74, 6) is 0. The second kappa shape index (κ2) is 6.62. The second-order valence-corrected chi connectivity index (χ2v) is 5.48. The fraction of sp³-hybridized carbons (Fsp3) is 1.00. The topological polar surface area (TPSA) is 32.5 Å². The molecule has 1 aliphatic heterocycles. The number of rotatable bonds is 6. The van der Waals surface area contributed by atoms with Crippen LogP contribution in [0.4, 0.5) is 0 Å². The maximum Gasteiger partial charge on any atom is 0.0653 e. The molecular formula is C12H26BN3. The smallest absolute Gasteiger partial charge is 0.0653 e. The molecule has 16 heavy (non-hydrogen) atoms. The van der Waals surface area contributed by atoms with Gasteiger partial charge in [0.05, 0.1) is 7.85 Å². The SMILES string of the molecule is [B]CCCCC(C)(N)CN1CCN(C)CC1. The molecule has 2 N–H and O–H groups in total. The van der Waals surface area contributed by atoms with Crippen molar-refractivity contribution in [1.29, 1.82) is 0 Å². The molecule has 0 bridgehead atoms. The Morgan fingerprint density at radius 2 is 1.81 bits per heavy atom. The summed E-state index contributed by atoms with van der Waals surface area (Å²) in [7, 11) is 7.68. The van der Waals surface area contributed by atoms with E-state index in [1.165, 1.54) is 13.1 Å². The van der Waals surface area contributed by atoms with E-state index in [9.17, 15) is 0 Å². The fourth-order valence-corrected chi connectivity index (χ4v) is 2.27. The monoisotopic (exact) mass is 223 g/mol. The number of likely N-dealkylation sites (N-methyl/N-ethyl adjacent to an activating group) is 1. The van der Waals surface area contributed by atoms with Gasteiger partial charge in [0.1, 0.15) is 0 Å². The van der Waals surface area contributed by atoms with Crippen LogP contribution in [0.3, 0.4) is 0 Å². The zero-order valence-corrected chi connectivity index (χ0v) is 10.9. The normalized spacial score (nSPS) is 23.2. The number of nitrogens with two attached hydrogens (primary N) is 1. The van der Waals surface area contributed by atoms with Crippen LogP contribution in [-0.4, -0.2) is 63.0 Å². The van der Waals surface area contributed by atoms with Crippen LogP contribution in [0.5, 0.6) is 0 Å². The van der Waals surface area contributed by atoms with Crippen LogP contribution in [0.15, 0.2) is 0 Å². The van der Waals surface area contributed by atoms with Gasteiger partial charge in [0.2, 0.25) is 0 Å². The maximum absolute atomic E-state index is 6.33. The third-order valence-electron chi connectivity index (χ3n) is 3.38. The molecule has 1 heterocycles. The third-order valence-corrected chi connectivity index (χ3v) is 3.38. The molecule has 0 aliphatic carbocycles. The molecule has 0 aromatic heterocycles. The predicted molar refractivity (Wildman–Crippen MR) is 70.9 cm³/mol. The van der Waals surface area contributed by atoms with Gasteiger partial charge >= 0.3 is 0 Å². The van der Waals surface area contributed by atoms with Gasteiger partial charge in [0.25, 0.3) is 0 Å². The van der Waals surface area contributed by atoms with Crippen molar-refractivity contribution in [2.75, 3.05) is 39.8 Å². The number of piperazine rings is 1. The van der Waals surface area contributed by atoms with Crippen molar-refractivity contribution in [3.05, 3.63) is 0 Å². The van der Waals surface area contributed by atoms with Crippen molar-refractivity contribution in [2.45, 2.75) is 38.0 Å². The van der Waals surface area contributed by atoms with Gasteiger partial charge in [0, 0.05) is 38.3 Å². The van der Waals surface area contributed by atoms with Crippen LogP contribution < -0.4 is 5.73 Å². The molecule has 1 fully saturated rings. The lowest BCUT2D eigenvalue weighted by molar-refractivity contribution is 0.127. The number of hydrogen-bond acceptors (Lipinski definition) is 3. The first-order valence-electron chi connectivity index (χ1n) is 6.43. The van der Waals surface area contributed by atoms with Crippen LogP contribution in [0.1, 0.15) is 26.2 Å². The van der Waals surface area contributed by atoms with E-state index in [4.69, 9.17) is 13.6 Å². The standard InChI is InChI=1S/C12H26BN3/c1-12(14,5-3-4-6-13)11-16-9-7-15(2)8-10-16/h3-11,14H2,1-2H3. The fourth-order valence-electron chi connectivity index (χ4n) is 2.27. The average Bonchev–Trinajstić information content (AvgIpc) is 2.21. The minimum Gasteiger partial charge on any atom is -0.324 e. The molecule has 1 rings (SSSR count). The van der Waals surface area contributed by atoms with Crippen LogP contribution in [-0.2, 0) is 0 Å². The highest BCUT2D eigenvalue weighted by molar-refractivity contribution is 6.08. The highest BCUT2D eigenvalue weighted by atomic mass is 15.3. The Bertz CT molecular complexity index is 189. The Morgan fingerprint density at radius 1 is 1.19 bits per heavy atom. The van der Waals surface area contributed by atoms with E-state index in [1.54, 1.807) is 0 Å². The Labute approximate surface area is 102 Å². The Balaban J connectivity index is 2.23. The summed E-state index contributed by atoms with van der Waals surface area (Å²) >= 11 is 0. The molecule has 1 atom stereocenters. The van der Waals surface area contributed by atoms with Crippen molar-refractivity contribution < 1.29 is 0 Å². The quantitative estimate of drug-likeness (QED) is 0.531. The molecule has 92 valence electrons. The summed E-state index contributed by atoms with van der Waals surface area (Å²) in [6.45, 7) is 7.82. The summed E-state index contributed by atoms with van der Waals surface area (Å²) in [5, 5.41) is 0. The average molecular weight is 223 g/mol. The summed E-state index contributed by atoms with van der Waals surface area (Å²) in [6.07, 6.45) is 4.11. The van der Waals surface area contributed by atoms with Gasteiger partial charge in [-0.15, -0.1) is 0 Å². The van der Waals surface area contributed by atoms with E-state index >= 15 is 0 Å². The van der Waals surface area contributed by atoms with Gasteiger partial charge < -0.3 is 10.6 Å². The number of unbranched alkanes of at least 4 members (excludes halogenated alkanes) is 1. The summed E-state index contributed by atoms with van der Waals surface area (Å²) in [6, 6.07) is 0. The van der Waals surface area contributed by atoms with Gasteiger partial charge in [0.15, 0.2) is 0 Å². The van der Waals surface area contributed by atoms with Crippen LogP contribution in [0, 0.1) is 0 Å². The molecule has 0 aromatic rings. The Hall–Kier alpha value is -0.0551. The Kier molecular flexibility index (Phi) is 5.80. The predicted octanol–water partition coefficient (Wildman–Crippen LogP) is 0.708. The van der Waals surface area contributed by atoms with Crippen molar-refractivity contribution in [3.8, 4) is 0 Å². The largest absolute Gasteiger partial charge is 0.324 e. The van der Waals surface area contributed by atoms with Crippen molar-refractivity contribution >= 4 is 7.85 Å². The van der Waals surface area contributed by atoms with Gasteiger partial charge in [-0.2, -0.15) is 0 Å². The molecule has 2 radical (unpaired) electrons. The number of hydrogen-bond donors (Lipinski definition) is 1. The van der Waals surface area contributed by atoms with Crippen molar-refractivity contribution in [2.24, 2.45) is 5.73 Å². The lowest BCUT2D eigenvalue weighted by atomic mass is 9.91. The summed E-state index contributed by atoms with van der Waals surface area (Å²) < 4.78 is 0. The zero-order valence-electron chi connectivity index (χ0n) is 10.9. The van der Waals surface area contributed by atoms with Gasteiger partial charge in [-0.05, 0) is 20.4 Å². The van der Waals surface area contributed by atoms with E-state index in [-0.39, 0.29) is 5.54 Å². The minimum atomic E-state index is -0.0505. The molecule has 0 amide bonds. The summed E-state index contributed by atoms with van der Waals surface area (Å²) in [4.78, 5) is 4.86. The second-order valence-electron chi connectivity index (χ2n) is 5.48. The van der Waals surface area contributed by atoms with Crippen molar-refractivity contribution in [1.82, 2.24) is 9.80 Å². The molecule has 1 unspecified atom stereocenters. The van der Waals surface area contributed by atoms with E-state index in [1.807, 2.05) is 0 Å². The first kappa shape index (κ1) is 14.0. The molecule has 1 aliphatic rings. The minimum absolute atomic E-state index is 0.0505. The highest BCUT2D eigenvalue weighted by Crippen LogP contribution is 2.14. The summed E-state index contributed by atoms with van der Waals surface area (Å²) in [5.41, 5.74) is 6.28. The van der Waals surface area contributed by atoms with Crippen molar-refractivity contribution in [3.63, 3.8) is 0 Å². The first-order chi connectivity index (χ1) is 7.53. The van der Waals surface area contributed by atoms with Gasteiger partial charge in [-0.1, -0.05) is 19.2 Å². The van der Waals surface area contributed by atoms with Crippen LogP contribution >= 0.6 is 0 Å². The Morgan fingerprint density at radius 3 is 2.38 bits per heavy atom. The zero-order chi connectivity index (χ0) is 12.0. The van der Waals surface area contributed by atoms with E-state index in [0.29, 0.717) is 0 Å². The van der Waals surface area contributed by atoms with E-state index in [2.05, 4.69) is 23.8 Å². The molecule has 0 spiro atoms. The highest BCUT2D eigenvalue weighted by Gasteiger charge is 2.23. The first-order valence-corrected chi connectivity index (χ1v) is 6.43. The van der Waals surface area contributed by atoms with E-state index < -0.39 is 0 Å². The molecule has 4 heteroatoms.